The number of rotatable bonds is 2. The maximum Gasteiger partial charge on any atom is 0.410 e. The first-order chi connectivity index (χ1) is 11.7. The molecule has 2 unspecified atom stereocenters. The van der Waals surface area contributed by atoms with Crippen molar-refractivity contribution in [2.75, 3.05) is 0 Å². The fourth-order valence-corrected chi connectivity index (χ4v) is 4.24. The molecule has 2 saturated heterocycles. The number of hydrogen-bond donors (Lipinski definition) is 0. The number of carbonyl (C=O) groups is 2. The van der Waals surface area contributed by atoms with Gasteiger partial charge in [0.15, 0.2) is 5.78 Å². The van der Waals surface area contributed by atoms with Crippen LogP contribution in [-0.4, -0.2) is 34.5 Å². The quantitative estimate of drug-likeness (QED) is 0.734. The third kappa shape index (κ3) is 3.58. The predicted molar refractivity (Wildman–Crippen MR) is 97.9 cm³/mol. The van der Waals surface area contributed by atoms with Crippen LogP contribution in [-0.2, 0) is 4.74 Å². The van der Waals surface area contributed by atoms with E-state index in [1.807, 2.05) is 57.7 Å². The smallest absolute Gasteiger partial charge is 0.410 e. The summed E-state index contributed by atoms with van der Waals surface area (Å²) in [5.41, 5.74) is 2.59. The van der Waals surface area contributed by atoms with Gasteiger partial charge in [0.2, 0.25) is 0 Å². The van der Waals surface area contributed by atoms with Crippen LogP contribution in [0.3, 0.4) is 0 Å². The molecule has 0 aliphatic carbocycles. The molecule has 4 heteroatoms. The molecule has 2 bridgehead atoms. The minimum atomic E-state index is -0.484. The summed E-state index contributed by atoms with van der Waals surface area (Å²) in [5, 5.41) is 0. The highest BCUT2D eigenvalue weighted by Crippen LogP contribution is 2.41. The summed E-state index contributed by atoms with van der Waals surface area (Å²) >= 11 is 0. The van der Waals surface area contributed by atoms with Crippen molar-refractivity contribution in [3.8, 4) is 0 Å². The lowest BCUT2D eigenvalue weighted by Crippen LogP contribution is -2.49. The molecule has 3 rings (SSSR count). The largest absolute Gasteiger partial charge is 0.444 e. The average molecular weight is 343 g/mol. The number of carbonyl (C=O) groups excluding carboxylic acids is 2. The van der Waals surface area contributed by atoms with E-state index in [2.05, 4.69) is 0 Å². The van der Waals surface area contributed by atoms with E-state index in [0.717, 1.165) is 42.4 Å². The normalized spacial score (nSPS) is 25.8. The first-order valence-electron chi connectivity index (χ1n) is 9.29. The monoisotopic (exact) mass is 343 g/mol. The van der Waals surface area contributed by atoms with E-state index >= 15 is 0 Å². The predicted octanol–water partition coefficient (Wildman–Crippen LogP) is 4.66. The molecule has 4 nitrogen and oxygen atoms in total. The SMILES string of the molecule is Cc1cccc(C(=O)C2CC3CCC(C2)N3C(=O)OC(C)(C)C)c1C. The van der Waals surface area contributed by atoms with Crippen LogP contribution < -0.4 is 0 Å². The van der Waals surface area contributed by atoms with Crippen LogP contribution in [0, 0.1) is 19.8 Å². The van der Waals surface area contributed by atoms with E-state index in [4.69, 9.17) is 4.74 Å². The number of piperidine rings is 1. The van der Waals surface area contributed by atoms with Crippen molar-refractivity contribution < 1.29 is 14.3 Å². The van der Waals surface area contributed by atoms with Gasteiger partial charge in [-0.15, -0.1) is 0 Å². The Bertz CT molecular complexity index is 675. The molecule has 0 radical (unpaired) electrons. The summed E-state index contributed by atoms with van der Waals surface area (Å²) in [5.74, 6) is 0.249. The fraction of sp³-hybridized carbons (Fsp3) is 0.619. The Labute approximate surface area is 150 Å². The molecule has 0 aromatic heterocycles. The molecule has 2 heterocycles. The molecule has 0 spiro atoms. The number of benzene rings is 1. The number of aryl methyl sites for hydroxylation is 1. The lowest BCUT2D eigenvalue weighted by molar-refractivity contribution is 0.00253. The molecule has 2 aliphatic rings. The number of ketones is 1. The van der Waals surface area contributed by atoms with Gasteiger partial charge in [-0.05, 0) is 71.4 Å². The molecule has 2 fully saturated rings. The molecule has 0 N–H and O–H groups in total. The number of ether oxygens (including phenoxy) is 1. The third-order valence-electron chi connectivity index (χ3n) is 5.58. The van der Waals surface area contributed by atoms with E-state index < -0.39 is 5.60 Å². The van der Waals surface area contributed by atoms with Gasteiger partial charge in [-0.3, -0.25) is 4.79 Å². The lowest BCUT2D eigenvalue weighted by atomic mass is 9.83. The number of Topliss-reactive ketones (excluding diaryl/α,β-unsaturated/α-hetero) is 1. The fourth-order valence-electron chi connectivity index (χ4n) is 4.24. The maximum atomic E-state index is 13.1. The summed E-state index contributed by atoms with van der Waals surface area (Å²) in [6, 6.07) is 6.20. The minimum Gasteiger partial charge on any atom is -0.444 e. The van der Waals surface area contributed by atoms with Crippen LogP contribution in [0.15, 0.2) is 18.2 Å². The van der Waals surface area contributed by atoms with E-state index in [9.17, 15) is 9.59 Å². The summed E-state index contributed by atoms with van der Waals surface area (Å²) in [4.78, 5) is 27.5. The highest BCUT2D eigenvalue weighted by atomic mass is 16.6. The summed E-state index contributed by atoms with van der Waals surface area (Å²) < 4.78 is 5.58. The summed E-state index contributed by atoms with van der Waals surface area (Å²) in [7, 11) is 0. The standard InChI is InChI=1S/C21H29NO3/c1-13-7-6-8-18(14(13)2)19(23)15-11-16-9-10-17(12-15)22(16)20(24)25-21(3,4)5/h6-8,15-17H,9-12H2,1-5H3. The van der Waals surface area contributed by atoms with Crippen LogP contribution in [0.25, 0.3) is 0 Å². The van der Waals surface area contributed by atoms with Crippen molar-refractivity contribution in [2.24, 2.45) is 5.92 Å². The molecule has 1 aromatic rings. The minimum absolute atomic E-state index is 0.0108. The zero-order valence-corrected chi connectivity index (χ0v) is 16.0. The number of nitrogens with zero attached hydrogens (tertiary/aromatic N) is 1. The highest BCUT2D eigenvalue weighted by Gasteiger charge is 2.46. The van der Waals surface area contributed by atoms with Gasteiger partial charge in [0.05, 0.1) is 0 Å². The van der Waals surface area contributed by atoms with Gasteiger partial charge in [-0.1, -0.05) is 18.2 Å². The van der Waals surface area contributed by atoms with Crippen LogP contribution in [0.2, 0.25) is 0 Å². The average Bonchev–Trinajstić information content (AvgIpc) is 2.78. The van der Waals surface area contributed by atoms with E-state index in [0.29, 0.717) is 0 Å². The van der Waals surface area contributed by atoms with Gasteiger partial charge >= 0.3 is 6.09 Å². The maximum absolute atomic E-state index is 13.1. The Morgan fingerprint density at radius 1 is 1.08 bits per heavy atom. The van der Waals surface area contributed by atoms with Crippen LogP contribution >= 0.6 is 0 Å². The molecular weight excluding hydrogens is 314 g/mol. The van der Waals surface area contributed by atoms with Crippen molar-refractivity contribution in [3.63, 3.8) is 0 Å². The second kappa shape index (κ2) is 6.47. The number of fused-ring (bicyclic) bond motifs is 2. The zero-order valence-electron chi connectivity index (χ0n) is 16.0. The first kappa shape index (κ1) is 18.0. The van der Waals surface area contributed by atoms with Crippen molar-refractivity contribution in [1.29, 1.82) is 0 Å². The zero-order chi connectivity index (χ0) is 18.4. The van der Waals surface area contributed by atoms with Crippen LogP contribution in [0.4, 0.5) is 4.79 Å². The molecule has 2 aliphatic heterocycles. The molecule has 25 heavy (non-hydrogen) atoms. The highest BCUT2D eigenvalue weighted by molar-refractivity contribution is 5.99. The lowest BCUT2D eigenvalue weighted by Gasteiger charge is -2.39. The molecule has 0 saturated carbocycles. The second-order valence-corrected chi connectivity index (χ2v) is 8.55. The van der Waals surface area contributed by atoms with E-state index in [1.165, 1.54) is 0 Å². The van der Waals surface area contributed by atoms with Gasteiger partial charge < -0.3 is 9.64 Å². The molecular formula is C21H29NO3. The van der Waals surface area contributed by atoms with E-state index in [1.54, 1.807) is 0 Å². The van der Waals surface area contributed by atoms with Crippen molar-refractivity contribution in [1.82, 2.24) is 4.90 Å². The Morgan fingerprint density at radius 2 is 1.68 bits per heavy atom. The van der Waals surface area contributed by atoms with Gasteiger partial charge in [0.25, 0.3) is 0 Å². The number of amides is 1. The Balaban J connectivity index is 1.74. The topological polar surface area (TPSA) is 46.6 Å². The first-order valence-corrected chi connectivity index (χ1v) is 9.29. The van der Waals surface area contributed by atoms with Crippen molar-refractivity contribution in [3.05, 3.63) is 34.9 Å². The molecule has 136 valence electrons. The Morgan fingerprint density at radius 3 is 2.24 bits per heavy atom. The van der Waals surface area contributed by atoms with Crippen molar-refractivity contribution in [2.45, 2.75) is 78.0 Å². The third-order valence-corrected chi connectivity index (χ3v) is 5.58. The van der Waals surface area contributed by atoms with Gasteiger partial charge in [0, 0.05) is 23.6 Å². The molecule has 1 amide bonds. The number of hydrogen-bond acceptors (Lipinski definition) is 3. The second-order valence-electron chi connectivity index (χ2n) is 8.55. The Hall–Kier alpha value is -1.84. The van der Waals surface area contributed by atoms with Gasteiger partial charge in [0.1, 0.15) is 5.60 Å². The molecule has 2 atom stereocenters. The van der Waals surface area contributed by atoms with Gasteiger partial charge in [-0.25, -0.2) is 4.79 Å². The van der Waals surface area contributed by atoms with Crippen molar-refractivity contribution >= 4 is 11.9 Å². The molecule has 1 aromatic carbocycles. The van der Waals surface area contributed by atoms with Crippen LogP contribution in [0.5, 0.6) is 0 Å². The Kier molecular flexibility index (Phi) is 4.65. The summed E-state index contributed by atoms with van der Waals surface area (Å²) in [6.07, 6.45) is 3.22. The van der Waals surface area contributed by atoms with E-state index in [-0.39, 0.29) is 29.9 Å². The summed E-state index contributed by atoms with van der Waals surface area (Å²) in [6.45, 7) is 9.74. The van der Waals surface area contributed by atoms with Gasteiger partial charge in [-0.2, -0.15) is 0 Å². The van der Waals surface area contributed by atoms with Crippen LogP contribution in [0.1, 0.15) is 67.9 Å².